The zero-order valence-electron chi connectivity index (χ0n) is 20.0. The van der Waals surface area contributed by atoms with Gasteiger partial charge in [-0.1, -0.05) is 48.8 Å². The Morgan fingerprint density at radius 3 is 2.00 bits per heavy atom. The summed E-state index contributed by atoms with van der Waals surface area (Å²) in [6.45, 7) is 8.07. The van der Waals surface area contributed by atoms with E-state index in [1.807, 2.05) is 55.5 Å². The third kappa shape index (κ3) is 5.01. The highest BCUT2D eigenvalue weighted by Crippen LogP contribution is 2.32. The number of aromatic nitrogens is 1. The van der Waals surface area contributed by atoms with Crippen molar-refractivity contribution < 1.29 is 19.9 Å². The van der Waals surface area contributed by atoms with Crippen LogP contribution in [0.1, 0.15) is 60.7 Å². The summed E-state index contributed by atoms with van der Waals surface area (Å²) in [5, 5.41) is 22.5. The quantitative estimate of drug-likeness (QED) is 0.151. The Hall–Kier alpha value is -3.93. The van der Waals surface area contributed by atoms with Gasteiger partial charge in [0.1, 0.15) is 0 Å². The van der Waals surface area contributed by atoms with Crippen molar-refractivity contribution in [2.45, 2.75) is 47.1 Å². The van der Waals surface area contributed by atoms with Crippen molar-refractivity contribution in [2.24, 2.45) is 5.16 Å². The lowest BCUT2D eigenvalue weighted by atomic mass is 9.97. The zero-order valence-corrected chi connectivity index (χ0v) is 20.0. The van der Waals surface area contributed by atoms with Crippen LogP contribution in [0.3, 0.4) is 0 Å². The maximum absolute atomic E-state index is 13.2. The van der Waals surface area contributed by atoms with E-state index in [2.05, 4.69) is 35.7 Å². The Bertz CT molecular complexity index is 1380. The van der Waals surface area contributed by atoms with Crippen LogP contribution >= 0.6 is 0 Å². The predicted molar refractivity (Wildman–Crippen MR) is 136 cm³/mol. The number of rotatable bonds is 6. The van der Waals surface area contributed by atoms with Crippen molar-refractivity contribution in [3.63, 3.8) is 0 Å². The van der Waals surface area contributed by atoms with Gasteiger partial charge in [0.15, 0.2) is 5.78 Å². The van der Waals surface area contributed by atoms with E-state index in [4.69, 9.17) is 9.90 Å². The van der Waals surface area contributed by atoms with Gasteiger partial charge >= 0.3 is 0 Å². The standard InChI is InChI=1S/C26H26N2O2.C2H4O2/c1-4-8-23(27-30)18-11-13-24-21(15-18)22-16-19(12-14-25(22)28(24)5-2)26(29)20-10-7-6-9-17(20)3;1-2(3)4/h6-7,9-16,30H,4-5,8H2,1-3H3;1H3,(H,3,4). The lowest BCUT2D eigenvalue weighted by Gasteiger charge is -2.06. The fraction of sp³-hybridized carbons (Fsp3) is 0.250. The van der Waals surface area contributed by atoms with Crippen molar-refractivity contribution in [2.75, 3.05) is 0 Å². The van der Waals surface area contributed by atoms with Crippen LogP contribution in [-0.2, 0) is 11.3 Å². The van der Waals surface area contributed by atoms with E-state index < -0.39 is 5.97 Å². The van der Waals surface area contributed by atoms with Gasteiger partial charge in [-0.2, -0.15) is 0 Å². The lowest BCUT2D eigenvalue weighted by Crippen LogP contribution is -2.03. The van der Waals surface area contributed by atoms with Gasteiger partial charge in [-0.05, 0) is 56.2 Å². The number of hydrogen-bond donors (Lipinski definition) is 2. The second kappa shape index (κ2) is 10.8. The predicted octanol–water partition coefficient (Wildman–Crippen LogP) is 6.42. The first-order valence-corrected chi connectivity index (χ1v) is 11.4. The summed E-state index contributed by atoms with van der Waals surface area (Å²) in [5.41, 5.74) is 6.21. The molecule has 0 atom stereocenters. The average Bonchev–Trinajstić information content (AvgIpc) is 3.14. The number of oxime groups is 1. The summed E-state index contributed by atoms with van der Waals surface area (Å²) < 4.78 is 2.26. The van der Waals surface area contributed by atoms with E-state index >= 15 is 0 Å². The Morgan fingerprint density at radius 1 is 0.912 bits per heavy atom. The van der Waals surface area contributed by atoms with Crippen LogP contribution in [0.15, 0.2) is 65.8 Å². The van der Waals surface area contributed by atoms with Gasteiger partial charge in [0.05, 0.1) is 5.71 Å². The molecule has 0 aliphatic heterocycles. The molecular weight excluding hydrogens is 428 g/mol. The molecule has 4 aromatic rings. The van der Waals surface area contributed by atoms with Crippen molar-refractivity contribution in [1.82, 2.24) is 4.57 Å². The van der Waals surface area contributed by atoms with E-state index in [1.165, 1.54) is 0 Å². The number of hydrogen-bond acceptors (Lipinski definition) is 4. The molecule has 6 nitrogen and oxygen atoms in total. The third-order valence-electron chi connectivity index (χ3n) is 5.77. The first-order chi connectivity index (χ1) is 16.3. The number of benzene rings is 3. The molecule has 3 aromatic carbocycles. The minimum atomic E-state index is -0.833. The van der Waals surface area contributed by atoms with Gasteiger partial charge in [0, 0.05) is 52.0 Å². The second-order valence-electron chi connectivity index (χ2n) is 8.17. The molecule has 0 radical (unpaired) electrons. The molecule has 2 N–H and O–H groups in total. The molecular formula is C28H30N2O4. The van der Waals surface area contributed by atoms with Gasteiger partial charge in [-0.3, -0.25) is 9.59 Å². The van der Waals surface area contributed by atoms with Gasteiger partial charge < -0.3 is 14.9 Å². The molecule has 176 valence electrons. The van der Waals surface area contributed by atoms with E-state index in [0.717, 1.165) is 58.4 Å². The molecule has 0 saturated carbocycles. The smallest absolute Gasteiger partial charge is 0.300 e. The maximum atomic E-state index is 13.2. The molecule has 34 heavy (non-hydrogen) atoms. The largest absolute Gasteiger partial charge is 0.481 e. The van der Waals surface area contributed by atoms with Gasteiger partial charge in [-0.15, -0.1) is 0 Å². The second-order valence-corrected chi connectivity index (χ2v) is 8.17. The lowest BCUT2D eigenvalue weighted by molar-refractivity contribution is -0.134. The van der Waals surface area contributed by atoms with Gasteiger partial charge in [0.2, 0.25) is 0 Å². The van der Waals surface area contributed by atoms with E-state index in [-0.39, 0.29) is 5.78 Å². The Kier molecular flexibility index (Phi) is 7.84. The van der Waals surface area contributed by atoms with Crippen molar-refractivity contribution in [3.05, 3.63) is 82.9 Å². The topological polar surface area (TPSA) is 91.9 Å². The molecule has 1 aromatic heterocycles. The molecule has 0 fully saturated rings. The number of aryl methyl sites for hydroxylation is 2. The van der Waals surface area contributed by atoms with Crippen LogP contribution in [0.4, 0.5) is 0 Å². The van der Waals surface area contributed by atoms with Crippen LogP contribution in [0.2, 0.25) is 0 Å². The van der Waals surface area contributed by atoms with Gasteiger partial charge in [0.25, 0.3) is 5.97 Å². The first kappa shape index (κ1) is 24.7. The van der Waals surface area contributed by atoms with Crippen LogP contribution in [-0.4, -0.2) is 32.3 Å². The van der Waals surface area contributed by atoms with Crippen LogP contribution in [0.5, 0.6) is 0 Å². The minimum Gasteiger partial charge on any atom is -0.481 e. The van der Waals surface area contributed by atoms with Crippen molar-refractivity contribution in [1.29, 1.82) is 0 Å². The van der Waals surface area contributed by atoms with Gasteiger partial charge in [-0.25, -0.2) is 0 Å². The number of carbonyl (C=O) groups excluding carboxylic acids is 1. The van der Waals surface area contributed by atoms with Crippen molar-refractivity contribution in [3.8, 4) is 0 Å². The Balaban J connectivity index is 0.000000751. The van der Waals surface area contributed by atoms with E-state index in [9.17, 15) is 10.0 Å². The maximum Gasteiger partial charge on any atom is 0.300 e. The Labute approximate surface area is 199 Å². The van der Waals surface area contributed by atoms with Crippen molar-refractivity contribution >= 4 is 39.3 Å². The zero-order chi connectivity index (χ0) is 24.8. The van der Waals surface area contributed by atoms with Crippen LogP contribution in [0.25, 0.3) is 21.8 Å². The number of nitrogens with zero attached hydrogens (tertiary/aromatic N) is 2. The van der Waals surface area contributed by atoms with E-state index in [1.54, 1.807) is 0 Å². The monoisotopic (exact) mass is 458 g/mol. The number of aliphatic carboxylic acids is 1. The number of carboxylic acids is 1. The summed E-state index contributed by atoms with van der Waals surface area (Å²) in [7, 11) is 0. The highest BCUT2D eigenvalue weighted by molar-refractivity contribution is 6.16. The minimum absolute atomic E-state index is 0.0344. The molecule has 0 unspecified atom stereocenters. The number of fused-ring (bicyclic) bond motifs is 3. The molecule has 4 rings (SSSR count). The number of ketones is 1. The molecule has 0 saturated heterocycles. The molecule has 0 bridgehead atoms. The fourth-order valence-corrected chi connectivity index (χ4v) is 4.24. The molecule has 6 heteroatoms. The summed E-state index contributed by atoms with van der Waals surface area (Å²) >= 11 is 0. The highest BCUT2D eigenvalue weighted by atomic mass is 16.4. The average molecular weight is 459 g/mol. The molecule has 1 heterocycles. The highest BCUT2D eigenvalue weighted by Gasteiger charge is 2.16. The molecule has 0 amide bonds. The van der Waals surface area contributed by atoms with Crippen LogP contribution < -0.4 is 0 Å². The number of carbonyl (C=O) groups is 2. The molecule has 0 aliphatic rings. The summed E-state index contributed by atoms with van der Waals surface area (Å²) in [6.07, 6.45) is 1.62. The first-order valence-electron chi connectivity index (χ1n) is 11.4. The third-order valence-corrected chi connectivity index (χ3v) is 5.77. The molecule has 0 spiro atoms. The van der Waals surface area contributed by atoms with Crippen LogP contribution in [0, 0.1) is 6.92 Å². The Morgan fingerprint density at radius 2 is 1.47 bits per heavy atom. The van der Waals surface area contributed by atoms with E-state index in [0.29, 0.717) is 17.7 Å². The summed E-state index contributed by atoms with van der Waals surface area (Å²) in [6, 6.07) is 19.8. The number of carboxylic acid groups (broad SMARTS) is 1. The SMILES string of the molecule is CC(=O)O.CCCC(=NO)c1ccc2c(c1)c1cc(C(=O)c3ccccc3C)ccc1n2CC. The molecule has 0 aliphatic carbocycles. The normalized spacial score (nSPS) is 11.4. The summed E-state index contributed by atoms with van der Waals surface area (Å²) in [5.74, 6) is -0.799. The fourth-order valence-electron chi connectivity index (χ4n) is 4.24. The summed E-state index contributed by atoms with van der Waals surface area (Å²) in [4.78, 5) is 22.2.